The fourth-order valence-electron chi connectivity index (χ4n) is 4.80. The Morgan fingerprint density at radius 3 is 2.41 bits per heavy atom. The van der Waals surface area contributed by atoms with Crippen LogP contribution < -0.4 is 9.47 Å². The van der Waals surface area contributed by atoms with Gasteiger partial charge >= 0.3 is 11.9 Å². The summed E-state index contributed by atoms with van der Waals surface area (Å²) in [7, 11) is 0. The summed E-state index contributed by atoms with van der Waals surface area (Å²) in [6, 6.07) is 18.2. The van der Waals surface area contributed by atoms with E-state index in [0.29, 0.717) is 33.7 Å². The molecule has 0 saturated carbocycles. The number of nitrogens with one attached hydrogen (secondary N) is 1. The molecule has 1 saturated heterocycles. The van der Waals surface area contributed by atoms with Gasteiger partial charge in [-0.2, -0.15) is 0 Å². The van der Waals surface area contributed by atoms with E-state index in [1.807, 2.05) is 43.5 Å². The van der Waals surface area contributed by atoms with Crippen LogP contribution in [-0.2, 0) is 25.7 Å². The minimum Gasteiger partial charge on any atom is -0.490 e. The summed E-state index contributed by atoms with van der Waals surface area (Å²) in [5, 5.41) is 1.91. The van der Waals surface area contributed by atoms with E-state index in [9.17, 15) is 9.59 Å². The molecule has 202 valence electrons. The third-order valence-electron chi connectivity index (χ3n) is 6.52. The average Bonchev–Trinajstić information content (AvgIpc) is 3.30. The van der Waals surface area contributed by atoms with Crippen LogP contribution in [-0.4, -0.2) is 29.3 Å². The SMILES string of the molecule is CCOc1cc([C@H](c2c[nH]c3ccccc23)C2C(=O)OC(C)(C)OC2=O)ccc1OCc1ccc(Cl)cc1Cl. The number of benzene rings is 3. The molecule has 2 heterocycles. The highest BCUT2D eigenvalue weighted by atomic mass is 35.5. The summed E-state index contributed by atoms with van der Waals surface area (Å²) in [4.78, 5) is 29.7. The molecule has 1 fully saturated rings. The molecule has 1 N–H and O–H groups in total. The van der Waals surface area contributed by atoms with Crippen molar-refractivity contribution >= 4 is 46.0 Å². The first-order valence-corrected chi connectivity index (χ1v) is 13.3. The van der Waals surface area contributed by atoms with Crippen molar-refractivity contribution in [3.63, 3.8) is 0 Å². The predicted molar refractivity (Wildman–Crippen MR) is 148 cm³/mol. The van der Waals surface area contributed by atoms with Gasteiger partial charge in [0.05, 0.1) is 6.61 Å². The fraction of sp³-hybridized carbons (Fsp3) is 0.267. The zero-order chi connectivity index (χ0) is 27.7. The van der Waals surface area contributed by atoms with E-state index in [0.717, 1.165) is 22.0 Å². The number of cyclic esters (lactones) is 2. The highest BCUT2D eigenvalue weighted by Crippen LogP contribution is 2.43. The largest absolute Gasteiger partial charge is 0.490 e. The number of fused-ring (bicyclic) bond motifs is 1. The van der Waals surface area contributed by atoms with Gasteiger partial charge in [-0.25, -0.2) is 0 Å². The van der Waals surface area contributed by atoms with Crippen LogP contribution in [0.2, 0.25) is 10.0 Å². The number of aromatic nitrogens is 1. The van der Waals surface area contributed by atoms with Crippen molar-refractivity contribution in [1.29, 1.82) is 0 Å². The number of hydrogen-bond acceptors (Lipinski definition) is 6. The average molecular weight is 568 g/mol. The standard InChI is InChI=1S/C30H27Cl2NO6/c1-4-36-25-13-17(10-12-24(25)37-16-18-9-11-19(31)14-22(18)32)26(21-15-33-23-8-6-5-7-20(21)23)27-28(34)38-30(2,3)39-29(27)35/h5-15,26-27,33H,4,16H2,1-3H3/t26-/m1/s1. The number of hydrogen-bond donors (Lipinski definition) is 1. The van der Waals surface area contributed by atoms with Crippen molar-refractivity contribution in [1.82, 2.24) is 4.98 Å². The number of aromatic amines is 1. The predicted octanol–water partition coefficient (Wildman–Crippen LogP) is 7.04. The molecule has 4 aromatic rings. The van der Waals surface area contributed by atoms with Crippen molar-refractivity contribution in [2.45, 2.75) is 39.1 Å². The second-order valence-electron chi connectivity index (χ2n) is 9.65. The maximum atomic E-state index is 13.2. The van der Waals surface area contributed by atoms with Crippen LogP contribution in [0, 0.1) is 5.92 Å². The summed E-state index contributed by atoms with van der Waals surface area (Å²) in [5.41, 5.74) is 3.06. The van der Waals surface area contributed by atoms with Crippen LogP contribution in [0.3, 0.4) is 0 Å². The molecule has 0 aliphatic carbocycles. The van der Waals surface area contributed by atoms with Crippen LogP contribution in [0.15, 0.2) is 66.9 Å². The maximum Gasteiger partial charge on any atom is 0.324 e. The van der Waals surface area contributed by atoms with Gasteiger partial charge in [-0.05, 0) is 48.4 Å². The van der Waals surface area contributed by atoms with Crippen molar-refractivity contribution < 1.29 is 28.5 Å². The molecule has 5 rings (SSSR count). The first-order valence-electron chi connectivity index (χ1n) is 12.5. The molecule has 0 radical (unpaired) electrons. The molecule has 1 aromatic heterocycles. The van der Waals surface area contributed by atoms with Gasteiger partial charge in [-0.1, -0.05) is 53.5 Å². The number of halogens is 2. The number of esters is 2. The van der Waals surface area contributed by atoms with E-state index in [4.69, 9.17) is 42.1 Å². The first kappa shape index (κ1) is 26.9. The lowest BCUT2D eigenvalue weighted by atomic mass is 9.80. The van der Waals surface area contributed by atoms with Gasteiger partial charge in [0, 0.05) is 52.5 Å². The van der Waals surface area contributed by atoms with Crippen LogP contribution >= 0.6 is 23.2 Å². The van der Waals surface area contributed by atoms with Crippen molar-refractivity contribution in [2.24, 2.45) is 5.92 Å². The fourth-order valence-corrected chi connectivity index (χ4v) is 5.27. The number of ether oxygens (including phenoxy) is 4. The zero-order valence-electron chi connectivity index (χ0n) is 21.6. The molecular formula is C30H27Cl2NO6. The molecule has 0 amide bonds. The molecule has 0 spiro atoms. The second kappa shape index (κ2) is 10.8. The van der Waals surface area contributed by atoms with E-state index >= 15 is 0 Å². The van der Waals surface area contributed by atoms with E-state index < -0.39 is 29.6 Å². The van der Waals surface area contributed by atoms with E-state index in [1.54, 1.807) is 30.3 Å². The zero-order valence-corrected chi connectivity index (χ0v) is 23.1. The topological polar surface area (TPSA) is 86.9 Å². The van der Waals surface area contributed by atoms with Crippen molar-refractivity contribution in [3.8, 4) is 11.5 Å². The lowest BCUT2D eigenvalue weighted by molar-refractivity contribution is -0.240. The van der Waals surface area contributed by atoms with E-state index in [1.165, 1.54) is 13.8 Å². The summed E-state index contributed by atoms with van der Waals surface area (Å²) in [6.07, 6.45) is 1.81. The number of para-hydroxylation sites is 1. The summed E-state index contributed by atoms with van der Waals surface area (Å²) in [5.74, 6) is -3.62. The molecule has 3 aromatic carbocycles. The van der Waals surface area contributed by atoms with Gasteiger partial charge < -0.3 is 23.9 Å². The monoisotopic (exact) mass is 567 g/mol. The Morgan fingerprint density at radius 1 is 0.949 bits per heavy atom. The van der Waals surface area contributed by atoms with Gasteiger partial charge in [0.1, 0.15) is 6.61 Å². The van der Waals surface area contributed by atoms with Crippen molar-refractivity contribution in [3.05, 3.63) is 93.6 Å². The van der Waals surface area contributed by atoms with Gasteiger partial charge in [-0.15, -0.1) is 0 Å². The van der Waals surface area contributed by atoms with Crippen LogP contribution in [0.1, 0.15) is 43.4 Å². The highest BCUT2D eigenvalue weighted by molar-refractivity contribution is 6.35. The quantitative estimate of drug-likeness (QED) is 0.181. The normalized spacial score (nSPS) is 16.0. The molecule has 9 heteroatoms. The lowest BCUT2D eigenvalue weighted by Crippen LogP contribution is -2.48. The second-order valence-corrected chi connectivity index (χ2v) is 10.5. The molecule has 0 unspecified atom stereocenters. The smallest absolute Gasteiger partial charge is 0.324 e. The Labute approximate surface area is 235 Å². The highest BCUT2D eigenvalue weighted by Gasteiger charge is 2.48. The molecule has 39 heavy (non-hydrogen) atoms. The minimum absolute atomic E-state index is 0.192. The Bertz CT molecular complexity index is 1530. The van der Waals surface area contributed by atoms with Gasteiger partial charge in [0.25, 0.3) is 5.79 Å². The summed E-state index contributed by atoms with van der Waals surface area (Å²) >= 11 is 12.3. The molecule has 1 atom stereocenters. The summed E-state index contributed by atoms with van der Waals surface area (Å²) in [6.45, 7) is 5.50. The lowest BCUT2D eigenvalue weighted by Gasteiger charge is -2.36. The number of rotatable bonds is 8. The number of H-pyrrole nitrogens is 1. The van der Waals surface area contributed by atoms with Gasteiger partial charge in [0.15, 0.2) is 17.4 Å². The van der Waals surface area contributed by atoms with Crippen LogP contribution in [0.4, 0.5) is 0 Å². The third-order valence-corrected chi connectivity index (χ3v) is 7.10. The molecule has 1 aliphatic heterocycles. The van der Waals surface area contributed by atoms with Crippen molar-refractivity contribution in [2.75, 3.05) is 6.61 Å². The minimum atomic E-state index is -1.34. The van der Waals surface area contributed by atoms with E-state index in [-0.39, 0.29) is 6.61 Å². The Hall–Kier alpha value is -3.68. The molecular weight excluding hydrogens is 541 g/mol. The number of carbonyl (C=O) groups excluding carboxylic acids is 2. The first-order chi connectivity index (χ1) is 18.7. The van der Waals surface area contributed by atoms with Gasteiger partial charge in [0.2, 0.25) is 0 Å². The van der Waals surface area contributed by atoms with Crippen LogP contribution in [0.25, 0.3) is 10.9 Å². The van der Waals surface area contributed by atoms with Crippen LogP contribution in [0.5, 0.6) is 11.5 Å². The van der Waals surface area contributed by atoms with Gasteiger partial charge in [-0.3, -0.25) is 9.59 Å². The summed E-state index contributed by atoms with van der Waals surface area (Å²) < 4.78 is 23.0. The molecule has 1 aliphatic rings. The third kappa shape index (κ3) is 5.56. The Morgan fingerprint density at radius 2 is 1.69 bits per heavy atom. The Kier molecular flexibility index (Phi) is 7.47. The number of carbonyl (C=O) groups is 2. The Balaban J connectivity index is 1.56. The van der Waals surface area contributed by atoms with E-state index in [2.05, 4.69) is 4.98 Å². The maximum absolute atomic E-state index is 13.2. The molecule has 7 nitrogen and oxygen atoms in total. The molecule has 0 bridgehead atoms.